The third-order valence-electron chi connectivity index (χ3n) is 3.79. The first-order valence-corrected chi connectivity index (χ1v) is 7.01. The third-order valence-corrected chi connectivity index (χ3v) is 3.79. The Labute approximate surface area is 122 Å². The molecule has 5 nitrogen and oxygen atoms in total. The number of halogens is 1. The van der Waals surface area contributed by atoms with Gasteiger partial charge in [-0.15, -0.1) is 0 Å². The van der Waals surface area contributed by atoms with Crippen LogP contribution >= 0.6 is 0 Å². The van der Waals surface area contributed by atoms with Gasteiger partial charge in [0, 0.05) is 5.69 Å². The molecule has 1 aliphatic rings. The van der Waals surface area contributed by atoms with Crippen LogP contribution < -0.4 is 11.1 Å². The molecule has 0 saturated heterocycles. The van der Waals surface area contributed by atoms with Crippen molar-refractivity contribution >= 4 is 17.5 Å². The normalized spacial score (nSPS) is 17.2. The minimum absolute atomic E-state index is 0.00775. The van der Waals surface area contributed by atoms with Crippen molar-refractivity contribution in [2.45, 2.75) is 44.1 Å². The molecule has 0 aliphatic heterocycles. The molecule has 1 aliphatic carbocycles. The fraction of sp³-hybridized carbons (Fsp3) is 0.467. The first-order valence-electron chi connectivity index (χ1n) is 7.01. The number of carbonyl (C=O) groups is 2. The van der Waals surface area contributed by atoms with Crippen LogP contribution in [0.4, 0.5) is 10.1 Å². The Morgan fingerprint density at radius 3 is 2.52 bits per heavy atom. The maximum absolute atomic E-state index is 13.6. The summed E-state index contributed by atoms with van der Waals surface area (Å²) in [6.07, 6.45) is 4.10. The molecule has 0 aromatic heterocycles. The molecule has 0 heterocycles. The highest BCUT2D eigenvalue weighted by Gasteiger charge is 2.31. The molecule has 1 aromatic rings. The minimum Gasteiger partial charge on any atom is -0.389 e. The molecular formula is C15H19FN2O3. The van der Waals surface area contributed by atoms with Crippen LogP contribution in [0.5, 0.6) is 0 Å². The van der Waals surface area contributed by atoms with Crippen molar-refractivity contribution in [3.63, 3.8) is 0 Å². The second-order valence-corrected chi connectivity index (χ2v) is 5.57. The summed E-state index contributed by atoms with van der Waals surface area (Å²) in [5.41, 5.74) is 4.06. The van der Waals surface area contributed by atoms with Crippen molar-refractivity contribution in [3.8, 4) is 0 Å². The van der Waals surface area contributed by atoms with E-state index in [1.807, 2.05) is 0 Å². The van der Waals surface area contributed by atoms with Crippen LogP contribution in [-0.2, 0) is 4.79 Å². The highest BCUT2D eigenvalue weighted by molar-refractivity contribution is 5.95. The van der Waals surface area contributed by atoms with E-state index in [0.717, 1.165) is 25.3 Å². The largest absolute Gasteiger partial charge is 0.389 e. The molecule has 1 fully saturated rings. The number of nitrogens with one attached hydrogen (secondary N) is 1. The number of amides is 2. The van der Waals surface area contributed by atoms with Crippen LogP contribution in [-0.4, -0.2) is 22.5 Å². The third kappa shape index (κ3) is 4.01. The average molecular weight is 294 g/mol. The van der Waals surface area contributed by atoms with Crippen LogP contribution in [0, 0.1) is 5.82 Å². The van der Waals surface area contributed by atoms with Gasteiger partial charge >= 0.3 is 0 Å². The topological polar surface area (TPSA) is 92.4 Å². The molecule has 2 amide bonds. The molecule has 1 saturated carbocycles. The Kier molecular flexibility index (Phi) is 4.57. The van der Waals surface area contributed by atoms with Crippen LogP contribution in [0.15, 0.2) is 18.2 Å². The number of hydrogen-bond donors (Lipinski definition) is 3. The maximum Gasteiger partial charge on any atom is 0.251 e. The summed E-state index contributed by atoms with van der Waals surface area (Å²) in [4.78, 5) is 22.9. The molecule has 1 aromatic carbocycles. The van der Waals surface area contributed by atoms with Gasteiger partial charge in [-0.2, -0.15) is 0 Å². The Morgan fingerprint density at radius 1 is 1.29 bits per heavy atom. The Morgan fingerprint density at radius 2 is 1.95 bits per heavy atom. The van der Waals surface area contributed by atoms with Crippen molar-refractivity contribution < 1.29 is 19.1 Å². The van der Waals surface area contributed by atoms with E-state index in [-0.39, 0.29) is 23.6 Å². The quantitative estimate of drug-likeness (QED) is 0.792. The highest BCUT2D eigenvalue weighted by atomic mass is 19.1. The molecule has 2 rings (SSSR count). The lowest BCUT2D eigenvalue weighted by atomic mass is 9.82. The molecule has 4 N–H and O–H groups in total. The van der Waals surface area contributed by atoms with E-state index >= 15 is 0 Å². The van der Waals surface area contributed by atoms with E-state index in [1.165, 1.54) is 12.1 Å². The molecule has 0 unspecified atom stereocenters. The zero-order valence-electron chi connectivity index (χ0n) is 11.7. The molecule has 0 radical (unpaired) electrons. The summed E-state index contributed by atoms with van der Waals surface area (Å²) >= 11 is 0. The van der Waals surface area contributed by atoms with Crippen molar-refractivity contribution in [3.05, 3.63) is 29.6 Å². The molecular weight excluding hydrogens is 275 g/mol. The van der Waals surface area contributed by atoms with Gasteiger partial charge in [-0.1, -0.05) is 19.3 Å². The molecule has 6 heteroatoms. The number of benzene rings is 1. The summed E-state index contributed by atoms with van der Waals surface area (Å²) in [6.45, 7) is 0. The lowest BCUT2D eigenvalue weighted by Crippen LogP contribution is -2.35. The van der Waals surface area contributed by atoms with Gasteiger partial charge in [0.2, 0.25) is 5.91 Å². The fourth-order valence-corrected chi connectivity index (χ4v) is 2.68. The smallest absolute Gasteiger partial charge is 0.251 e. The van der Waals surface area contributed by atoms with E-state index in [9.17, 15) is 19.1 Å². The van der Waals surface area contributed by atoms with Gasteiger partial charge < -0.3 is 16.2 Å². The Hall–Kier alpha value is -1.95. The second-order valence-electron chi connectivity index (χ2n) is 5.57. The number of rotatable bonds is 4. The van der Waals surface area contributed by atoms with Crippen LogP contribution in [0.2, 0.25) is 0 Å². The number of hydrogen-bond acceptors (Lipinski definition) is 3. The number of anilines is 1. The van der Waals surface area contributed by atoms with Gasteiger partial charge in [-0.05, 0) is 31.0 Å². The molecule has 0 spiro atoms. The molecule has 114 valence electrons. The molecule has 0 bridgehead atoms. The Balaban J connectivity index is 1.99. The number of nitrogens with two attached hydrogens (primary N) is 1. The lowest BCUT2D eigenvalue weighted by Gasteiger charge is -2.31. The van der Waals surface area contributed by atoms with Crippen molar-refractivity contribution in [1.29, 1.82) is 0 Å². The monoisotopic (exact) mass is 294 g/mol. The Bertz CT molecular complexity index is 554. The van der Waals surface area contributed by atoms with E-state index in [0.29, 0.717) is 12.8 Å². The first-order chi connectivity index (χ1) is 9.89. The van der Waals surface area contributed by atoms with Crippen molar-refractivity contribution in [2.24, 2.45) is 5.73 Å². The highest BCUT2D eigenvalue weighted by Crippen LogP contribution is 2.31. The summed E-state index contributed by atoms with van der Waals surface area (Å²) in [7, 11) is 0. The van der Waals surface area contributed by atoms with Crippen LogP contribution in [0.3, 0.4) is 0 Å². The minimum atomic E-state index is -0.964. The van der Waals surface area contributed by atoms with Gasteiger partial charge in [-0.25, -0.2) is 4.39 Å². The van der Waals surface area contributed by atoms with Crippen molar-refractivity contribution in [1.82, 2.24) is 0 Å². The zero-order valence-corrected chi connectivity index (χ0v) is 11.7. The summed E-state index contributed by atoms with van der Waals surface area (Å²) < 4.78 is 13.6. The van der Waals surface area contributed by atoms with E-state index in [4.69, 9.17) is 5.73 Å². The first kappa shape index (κ1) is 15.4. The average Bonchev–Trinajstić information content (AvgIpc) is 2.38. The summed E-state index contributed by atoms with van der Waals surface area (Å²) in [5.74, 6) is -2.01. The van der Waals surface area contributed by atoms with Crippen LogP contribution in [0.25, 0.3) is 0 Å². The van der Waals surface area contributed by atoms with Gasteiger partial charge in [0.15, 0.2) is 0 Å². The fourth-order valence-electron chi connectivity index (χ4n) is 2.68. The number of aliphatic hydroxyl groups is 1. The zero-order chi connectivity index (χ0) is 15.5. The van der Waals surface area contributed by atoms with Gasteiger partial charge in [0.05, 0.1) is 17.6 Å². The lowest BCUT2D eigenvalue weighted by molar-refractivity contribution is -0.122. The number of carbonyl (C=O) groups excluding carboxylic acids is 2. The van der Waals surface area contributed by atoms with Gasteiger partial charge in [0.25, 0.3) is 5.91 Å². The predicted molar refractivity (Wildman–Crippen MR) is 76.2 cm³/mol. The van der Waals surface area contributed by atoms with Gasteiger partial charge in [-0.3, -0.25) is 9.59 Å². The van der Waals surface area contributed by atoms with E-state index in [2.05, 4.69) is 5.32 Å². The van der Waals surface area contributed by atoms with Crippen LogP contribution in [0.1, 0.15) is 48.9 Å². The maximum atomic E-state index is 13.6. The predicted octanol–water partition coefficient (Wildman–Crippen LogP) is 1.95. The standard InChI is InChI=1S/C15H19FN2O3/c16-12-8-10(4-5-11(12)14(17)20)18-13(19)9-15(21)6-2-1-3-7-15/h4-5,8,21H,1-3,6-7,9H2,(H2,17,20)(H,18,19). The summed E-state index contributed by atoms with van der Waals surface area (Å²) in [6, 6.07) is 3.68. The second kappa shape index (κ2) is 6.22. The van der Waals surface area contributed by atoms with E-state index in [1.54, 1.807) is 0 Å². The number of primary amides is 1. The SMILES string of the molecule is NC(=O)c1ccc(NC(=O)CC2(O)CCCCC2)cc1F. The van der Waals surface area contributed by atoms with Gasteiger partial charge in [0.1, 0.15) is 5.82 Å². The van der Waals surface area contributed by atoms with Crippen molar-refractivity contribution in [2.75, 3.05) is 5.32 Å². The molecule has 0 atom stereocenters. The molecule has 21 heavy (non-hydrogen) atoms. The summed E-state index contributed by atoms with van der Waals surface area (Å²) in [5, 5.41) is 12.8. The van der Waals surface area contributed by atoms with E-state index < -0.39 is 17.3 Å².